The summed E-state index contributed by atoms with van der Waals surface area (Å²) < 4.78 is 13.4. The Bertz CT molecular complexity index is 457. The third kappa shape index (κ3) is 5.26. The SMILES string of the molecule is CC(C)NC(=O)CNC(=O)Cc1c(F)cccc1Cl. The number of amides is 2. The Balaban J connectivity index is 2.50. The topological polar surface area (TPSA) is 58.2 Å². The van der Waals surface area contributed by atoms with E-state index in [2.05, 4.69) is 10.6 Å². The van der Waals surface area contributed by atoms with Crippen LogP contribution in [0, 0.1) is 5.82 Å². The number of carbonyl (C=O) groups is 2. The average Bonchev–Trinajstić information content (AvgIpc) is 2.30. The van der Waals surface area contributed by atoms with Crippen molar-refractivity contribution in [3.8, 4) is 0 Å². The number of halogens is 2. The highest BCUT2D eigenvalue weighted by Gasteiger charge is 2.12. The van der Waals surface area contributed by atoms with Gasteiger partial charge in [-0.05, 0) is 26.0 Å². The molecule has 0 atom stereocenters. The lowest BCUT2D eigenvalue weighted by atomic mass is 10.1. The number of nitrogens with one attached hydrogen (secondary N) is 2. The molecule has 6 heteroatoms. The molecule has 4 nitrogen and oxygen atoms in total. The molecule has 0 heterocycles. The molecule has 0 unspecified atom stereocenters. The Morgan fingerprint density at radius 2 is 2.00 bits per heavy atom. The van der Waals surface area contributed by atoms with Crippen molar-refractivity contribution in [2.24, 2.45) is 0 Å². The molecule has 0 spiro atoms. The Hall–Kier alpha value is -1.62. The quantitative estimate of drug-likeness (QED) is 0.865. The lowest BCUT2D eigenvalue weighted by molar-refractivity contribution is -0.126. The van der Waals surface area contributed by atoms with E-state index in [-0.39, 0.29) is 35.5 Å². The van der Waals surface area contributed by atoms with Gasteiger partial charge < -0.3 is 10.6 Å². The number of carbonyl (C=O) groups excluding carboxylic acids is 2. The van der Waals surface area contributed by atoms with Gasteiger partial charge in [-0.25, -0.2) is 4.39 Å². The van der Waals surface area contributed by atoms with E-state index in [9.17, 15) is 14.0 Å². The molecular formula is C13H16ClFN2O2. The second kappa shape index (κ2) is 7.09. The first-order valence-electron chi connectivity index (χ1n) is 5.89. The molecule has 0 fully saturated rings. The van der Waals surface area contributed by atoms with E-state index in [0.29, 0.717) is 0 Å². The molecule has 0 aliphatic carbocycles. The van der Waals surface area contributed by atoms with Crippen LogP contribution in [0.5, 0.6) is 0 Å². The highest BCUT2D eigenvalue weighted by Crippen LogP contribution is 2.19. The molecule has 1 rings (SSSR count). The van der Waals surface area contributed by atoms with Crippen molar-refractivity contribution in [1.29, 1.82) is 0 Å². The van der Waals surface area contributed by atoms with Crippen molar-refractivity contribution in [2.45, 2.75) is 26.3 Å². The van der Waals surface area contributed by atoms with Gasteiger partial charge in [-0.3, -0.25) is 9.59 Å². The maximum Gasteiger partial charge on any atom is 0.239 e. The van der Waals surface area contributed by atoms with Crippen LogP contribution in [0.2, 0.25) is 5.02 Å². The molecular weight excluding hydrogens is 271 g/mol. The van der Waals surface area contributed by atoms with Crippen molar-refractivity contribution < 1.29 is 14.0 Å². The van der Waals surface area contributed by atoms with Gasteiger partial charge in [0.15, 0.2) is 0 Å². The average molecular weight is 287 g/mol. The molecule has 2 N–H and O–H groups in total. The summed E-state index contributed by atoms with van der Waals surface area (Å²) in [5, 5.41) is 5.24. The van der Waals surface area contributed by atoms with E-state index in [1.165, 1.54) is 18.2 Å². The first-order chi connectivity index (χ1) is 8.90. The van der Waals surface area contributed by atoms with E-state index in [4.69, 9.17) is 11.6 Å². The van der Waals surface area contributed by atoms with Crippen LogP contribution in [0.4, 0.5) is 4.39 Å². The van der Waals surface area contributed by atoms with Crippen molar-refractivity contribution in [2.75, 3.05) is 6.54 Å². The summed E-state index contributed by atoms with van der Waals surface area (Å²) in [5.74, 6) is -1.27. The minimum absolute atomic E-state index is 0.00501. The van der Waals surface area contributed by atoms with Crippen LogP contribution in [0.15, 0.2) is 18.2 Å². The van der Waals surface area contributed by atoms with Crippen LogP contribution in [0.1, 0.15) is 19.4 Å². The summed E-state index contributed by atoms with van der Waals surface area (Å²) >= 11 is 5.81. The molecule has 104 valence electrons. The van der Waals surface area contributed by atoms with E-state index < -0.39 is 11.7 Å². The fraction of sp³-hybridized carbons (Fsp3) is 0.385. The van der Waals surface area contributed by atoms with Gasteiger partial charge in [0.1, 0.15) is 5.82 Å². The minimum Gasteiger partial charge on any atom is -0.352 e. The van der Waals surface area contributed by atoms with Crippen LogP contribution in [-0.4, -0.2) is 24.4 Å². The zero-order chi connectivity index (χ0) is 14.4. The maximum absolute atomic E-state index is 13.4. The predicted octanol–water partition coefficient (Wildman–Crippen LogP) is 1.66. The standard InChI is InChI=1S/C13H16ClFN2O2/c1-8(2)17-13(19)7-16-12(18)6-9-10(14)4-3-5-11(9)15/h3-5,8H,6-7H2,1-2H3,(H,16,18)(H,17,19). The van der Waals surface area contributed by atoms with Crippen molar-refractivity contribution in [3.63, 3.8) is 0 Å². The summed E-state index contributed by atoms with van der Waals surface area (Å²) in [6, 6.07) is 4.22. The highest BCUT2D eigenvalue weighted by molar-refractivity contribution is 6.31. The van der Waals surface area contributed by atoms with Crippen LogP contribution in [-0.2, 0) is 16.0 Å². The largest absolute Gasteiger partial charge is 0.352 e. The highest BCUT2D eigenvalue weighted by atomic mass is 35.5. The van der Waals surface area contributed by atoms with Crippen molar-refractivity contribution in [3.05, 3.63) is 34.6 Å². The predicted molar refractivity (Wildman–Crippen MR) is 71.4 cm³/mol. The molecule has 0 aliphatic heterocycles. The van der Waals surface area contributed by atoms with E-state index in [1.807, 2.05) is 13.8 Å². The van der Waals surface area contributed by atoms with Gasteiger partial charge in [-0.1, -0.05) is 17.7 Å². The van der Waals surface area contributed by atoms with Crippen molar-refractivity contribution in [1.82, 2.24) is 10.6 Å². The van der Waals surface area contributed by atoms with Crippen LogP contribution >= 0.6 is 11.6 Å². The molecule has 0 bridgehead atoms. The summed E-state index contributed by atoms with van der Waals surface area (Å²) in [5.41, 5.74) is 0.130. The molecule has 2 amide bonds. The number of benzene rings is 1. The van der Waals surface area contributed by atoms with Gasteiger partial charge in [0.25, 0.3) is 0 Å². The summed E-state index contributed by atoms with van der Waals surface area (Å²) in [4.78, 5) is 22.9. The van der Waals surface area contributed by atoms with Gasteiger partial charge in [0, 0.05) is 16.6 Å². The van der Waals surface area contributed by atoms with E-state index in [1.54, 1.807) is 0 Å². The zero-order valence-corrected chi connectivity index (χ0v) is 11.6. The normalized spacial score (nSPS) is 10.4. The van der Waals surface area contributed by atoms with Gasteiger partial charge in [-0.15, -0.1) is 0 Å². The molecule has 0 radical (unpaired) electrons. The summed E-state index contributed by atoms with van der Waals surface area (Å²) in [6.45, 7) is 3.50. The number of rotatable bonds is 5. The lowest BCUT2D eigenvalue weighted by Crippen LogP contribution is -2.40. The Kier molecular flexibility index (Phi) is 5.76. The maximum atomic E-state index is 13.4. The molecule has 0 aliphatic rings. The van der Waals surface area contributed by atoms with Gasteiger partial charge in [0.05, 0.1) is 13.0 Å². The zero-order valence-electron chi connectivity index (χ0n) is 10.8. The third-order valence-corrected chi connectivity index (χ3v) is 2.65. The van der Waals surface area contributed by atoms with Crippen LogP contribution in [0.25, 0.3) is 0 Å². The van der Waals surface area contributed by atoms with Gasteiger partial charge >= 0.3 is 0 Å². The molecule has 19 heavy (non-hydrogen) atoms. The molecule has 1 aromatic rings. The van der Waals surface area contributed by atoms with Crippen LogP contribution < -0.4 is 10.6 Å². The summed E-state index contributed by atoms with van der Waals surface area (Å²) in [7, 11) is 0. The van der Waals surface area contributed by atoms with Gasteiger partial charge in [-0.2, -0.15) is 0 Å². The van der Waals surface area contributed by atoms with E-state index in [0.717, 1.165) is 0 Å². The first-order valence-corrected chi connectivity index (χ1v) is 6.27. The fourth-order valence-electron chi connectivity index (χ4n) is 1.48. The number of hydrogen-bond acceptors (Lipinski definition) is 2. The minimum atomic E-state index is -0.533. The lowest BCUT2D eigenvalue weighted by Gasteiger charge is -2.10. The Morgan fingerprint density at radius 1 is 1.32 bits per heavy atom. The second-order valence-corrected chi connectivity index (χ2v) is 4.78. The Labute approximate surface area is 116 Å². The molecule has 0 saturated heterocycles. The van der Waals surface area contributed by atoms with Crippen LogP contribution in [0.3, 0.4) is 0 Å². The molecule has 0 saturated carbocycles. The number of hydrogen-bond donors (Lipinski definition) is 2. The molecule has 1 aromatic carbocycles. The molecule has 0 aromatic heterocycles. The third-order valence-electron chi connectivity index (χ3n) is 2.29. The fourth-order valence-corrected chi connectivity index (χ4v) is 1.71. The van der Waals surface area contributed by atoms with Gasteiger partial charge in [0.2, 0.25) is 11.8 Å². The monoisotopic (exact) mass is 286 g/mol. The second-order valence-electron chi connectivity index (χ2n) is 4.38. The van der Waals surface area contributed by atoms with Crippen molar-refractivity contribution >= 4 is 23.4 Å². The summed E-state index contributed by atoms with van der Waals surface area (Å²) in [6.07, 6.45) is -0.194. The first kappa shape index (κ1) is 15.4. The Morgan fingerprint density at radius 3 is 2.58 bits per heavy atom. The smallest absolute Gasteiger partial charge is 0.239 e. The van der Waals surface area contributed by atoms with E-state index >= 15 is 0 Å².